The molecule has 0 radical (unpaired) electrons. The largest absolute Gasteiger partial charge is 0.497 e. The highest BCUT2D eigenvalue weighted by Crippen LogP contribution is 2.50. The maximum Gasteiger partial charge on any atom is 0.118 e. The first-order chi connectivity index (χ1) is 24.1. The Labute approximate surface area is 300 Å². The van der Waals surface area contributed by atoms with Crippen LogP contribution in [0.5, 0.6) is 11.5 Å². The number of benzene rings is 2. The van der Waals surface area contributed by atoms with Gasteiger partial charge < -0.3 is 14.2 Å². The van der Waals surface area contributed by atoms with Gasteiger partial charge in [0.25, 0.3) is 0 Å². The second-order valence-corrected chi connectivity index (χ2v) is 17.0. The summed E-state index contributed by atoms with van der Waals surface area (Å²) < 4.78 is 18.8. The van der Waals surface area contributed by atoms with Crippen molar-refractivity contribution in [3.05, 3.63) is 59.7 Å². The van der Waals surface area contributed by atoms with E-state index in [1.807, 2.05) is 0 Å². The maximum atomic E-state index is 7.61. The fourth-order valence-corrected chi connectivity index (χ4v) is 11.2. The summed E-state index contributed by atoms with van der Waals surface area (Å²) in [6.07, 6.45) is 28.3. The highest BCUT2D eigenvalue weighted by molar-refractivity contribution is 5.31. The molecule has 2 aromatic carbocycles. The summed E-state index contributed by atoms with van der Waals surface area (Å²) in [5.41, 5.74) is 2.67. The monoisotopic (exact) mass is 671 g/mol. The average molecular weight is 671 g/mol. The molecule has 49 heavy (non-hydrogen) atoms. The van der Waals surface area contributed by atoms with Crippen molar-refractivity contribution in [2.24, 2.45) is 47.3 Å². The van der Waals surface area contributed by atoms with Crippen LogP contribution in [0.15, 0.2) is 48.5 Å². The highest BCUT2D eigenvalue weighted by Gasteiger charge is 2.39. The predicted molar refractivity (Wildman–Crippen MR) is 204 cm³/mol. The van der Waals surface area contributed by atoms with Crippen molar-refractivity contribution in [2.75, 3.05) is 14.2 Å². The van der Waals surface area contributed by atoms with Crippen LogP contribution in [0, 0.1) is 47.3 Å². The normalized spacial score (nSPS) is 32.2. The summed E-state index contributed by atoms with van der Waals surface area (Å²) in [5.74, 6) is 8.73. The molecule has 0 aromatic heterocycles. The van der Waals surface area contributed by atoms with E-state index in [0.717, 1.165) is 47.0 Å². The van der Waals surface area contributed by atoms with Crippen molar-refractivity contribution in [1.29, 1.82) is 0 Å². The van der Waals surface area contributed by atoms with Gasteiger partial charge in [0.1, 0.15) is 11.5 Å². The summed E-state index contributed by atoms with van der Waals surface area (Å²) in [6, 6.07) is 17.8. The van der Waals surface area contributed by atoms with Gasteiger partial charge in [0, 0.05) is 0 Å². The van der Waals surface area contributed by atoms with Gasteiger partial charge >= 0.3 is 0 Å². The van der Waals surface area contributed by atoms with E-state index in [1.54, 1.807) is 14.2 Å². The van der Waals surface area contributed by atoms with Gasteiger partial charge in [-0.05, 0) is 160 Å². The van der Waals surface area contributed by atoms with Gasteiger partial charge in [-0.2, -0.15) is 0 Å². The molecule has 4 saturated carbocycles. The fourth-order valence-electron chi connectivity index (χ4n) is 11.2. The predicted octanol–water partition coefficient (Wildman–Crippen LogP) is 13.3. The Hall–Kier alpha value is -2.00. The van der Waals surface area contributed by atoms with Gasteiger partial charge in [-0.25, -0.2) is 0 Å². The first-order valence-corrected chi connectivity index (χ1v) is 21.0. The van der Waals surface area contributed by atoms with Crippen molar-refractivity contribution < 1.29 is 14.2 Å². The molecular weight excluding hydrogens is 601 g/mol. The Balaban J connectivity index is 1.16. The molecule has 272 valence electrons. The van der Waals surface area contributed by atoms with Crippen molar-refractivity contribution in [3.63, 3.8) is 0 Å². The number of methoxy groups -OCH3 is 2. The molecule has 4 aliphatic rings. The SMILES string of the molecule is CCCC1CCC(C2CCC(C(OC(c3ccc(OC)cc3)C3CCC(C4CCC(CCC)CC4)CC3)c3ccc(OC)cc3)CC2)CC1. The lowest BCUT2D eigenvalue weighted by atomic mass is 9.67. The van der Waals surface area contributed by atoms with E-state index in [-0.39, 0.29) is 12.2 Å². The van der Waals surface area contributed by atoms with E-state index in [0.29, 0.717) is 11.8 Å². The van der Waals surface area contributed by atoms with Crippen LogP contribution >= 0.6 is 0 Å². The van der Waals surface area contributed by atoms with Crippen LogP contribution in [0.1, 0.15) is 166 Å². The minimum absolute atomic E-state index is 0.116. The Bertz CT molecular complexity index is 1090. The molecule has 0 bridgehead atoms. The molecule has 4 aliphatic carbocycles. The molecule has 3 nitrogen and oxygen atoms in total. The Morgan fingerprint density at radius 2 is 0.755 bits per heavy atom. The van der Waals surface area contributed by atoms with E-state index in [4.69, 9.17) is 14.2 Å². The van der Waals surface area contributed by atoms with Crippen molar-refractivity contribution in [1.82, 2.24) is 0 Å². The summed E-state index contributed by atoms with van der Waals surface area (Å²) >= 11 is 0. The van der Waals surface area contributed by atoms with E-state index in [2.05, 4.69) is 62.4 Å². The molecule has 0 saturated heterocycles. The first-order valence-electron chi connectivity index (χ1n) is 21.0. The molecule has 0 aliphatic heterocycles. The van der Waals surface area contributed by atoms with Gasteiger partial charge in [0.2, 0.25) is 0 Å². The third-order valence-corrected chi connectivity index (χ3v) is 14.2. The molecular formula is C46H70O3. The van der Waals surface area contributed by atoms with E-state index < -0.39 is 0 Å². The molecule has 2 unspecified atom stereocenters. The number of ether oxygens (including phenoxy) is 3. The summed E-state index contributed by atoms with van der Waals surface area (Å²) in [4.78, 5) is 0. The third kappa shape index (κ3) is 9.66. The van der Waals surface area contributed by atoms with E-state index in [9.17, 15) is 0 Å². The van der Waals surface area contributed by atoms with Crippen LogP contribution in [-0.4, -0.2) is 14.2 Å². The van der Waals surface area contributed by atoms with Crippen LogP contribution in [0.25, 0.3) is 0 Å². The molecule has 0 amide bonds. The lowest BCUT2D eigenvalue weighted by Gasteiger charge is -2.43. The average Bonchev–Trinajstić information content (AvgIpc) is 3.17. The summed E-state index contributed by atoms with van der Waals surface area (Å²) in [7, 11) is 3.54. The highest BCUT2D eigenvalue weighted by atomic mass is 16.5. The molecule has 2 aromatic rings. The Morgan fingerprint density at radius 1 is 0.449 bits per heavy atom. The van der Waals surface area contributed by atoms with Crippen LogP contribution < -0.4 is 9.47 Å². The fraction of sp³-hybridized carbons (Fsp3) is 0.739. The summed E-state index contributed by atoms with van der Waals surface area (Å²) in [6.45, 7) is 4.72. The molecule has 3 heteroatoms. The van der Waals surface area contributed by atoms with Gasteiger partial charge in [0.15, 0.2) is 0 Å². The van der Waals surface area contributed by atoms with Gasteiger partial charge in [-0.3, -0.25) is 0 Å². The zero-order chi connectivity index (χ0) is 34.0. The number of hydrogen-bond acceptors (Lipinski definition) is 3. The smallest absolute Gasteiger partial charge is 0.118 e. The lowest BCUT2D eigenvalue weighted by Crippen LogP contribution is -2.31. The first kappa shape index (κ1) is 36.8. The van der Waals surface area contributed by atoms with Crippen molar-refractivity contribution in [2.45, 2.75) is 154 Å². The molecule has 0 spiro atoms. The number of rotatable bonds is 14. The Morgan fingerprint density at radius 3 is 1.04 bits per heavy atom. The number of hydrogen-bond donors (Lipinski definition) is 0. The quantitative estimate of drug-likeness (QED) is 0.200. The second kappa shape index (κ2) is 18.5. The molecule has 2 atom stereocenters. The van der Waals surface area contributed by atoms with Gasteiger partial charge in [-0.1, -0.05) is 89.5 Å². The molecule has 4 fully saturated rings. The lowest BCUT2D eigenvalue weighted by molar-refractivity contribution is -0.0934. The molecule has 0 N–H and O–H groups in total. The van der Waals surface area contributed by atoms with Crippen LogP contribution in [0.3, 0.4) is 0 Å². The minimum Gasteiger partial charge on any atom is -0.497 e. The summed E-state index contributed by atoms with van der Waals surface area (Å²) in [5, 5.41) is 0. The standard InChI is InChI=1S/C46H70O3/c1-5-7-33-9-13-35(14-10-33)37-17-21-39(22-18-37)45(41-25-29-43(47-3)30-26-41)49-46(42-27-31-44(48-4)32-28-42)40-23-19-38(20-24-40)36-15-11-34(8-6-2)12-16-36/h25-40,45-46H,5-24H2,1-4H3. The Kier molecular flexibility index (Phi) is 13.9. The third-order valence-electron chi connectivity index (χ3n) is 14.2. The zero-order valence-electron chi connectivity index (χ0n) is 31.8. The maximum absolute atomic E-state index is 7.61. The van der Waals surface area contributed by atoms with Gasteiger partial charge in [-0.15, -0.1) is 0 Å². The molecule has 6 rings (SSSR count). The second-order valence-electron chi connectivity index (χ2n) is 17.0. The molecule has 0 heterocycles. The van der Waals surface area contributed by atoms with Crippen molar-refractivity contribution in [3.8, 4) is 11.5 Å². The van der Waals surface area contributed by atoms with Gasteiger partial charge in [0.05, 0.1) is 26.4 Å². The van der Waals surface area contributed by atoms with Crippen LogP contribution in [0.2, 0.25) is 0 Å². The topological polar surface area (TPSA) is 27.7 Å². The van der Waals surface area contributed by atoms with E-state index in [1.165, 1.54) is 140 Å². The minimum atomic E-state index is 0.116. The van der Waals surface area contributed by atoms with Crippen LogP contribution in [0.4, 0.5) is 0 Å². The van der Waals surface area contributed by atoms with Crippen molar-refractivity contribution >= 4 is 0 Å². The van der Waals surface area contributed by atoms with Crippen LogP contribution in [-0.2, 0) is 4.74 Å². The van der Waals surface area contributed by atoms with E-state index >= 15 is 0 Å². The zero-order valence-corrected chi connectivity index (χ0v) is 31.8.